The van der Waals surface area contributed by atoms with E-state index in [4.69, 9.17) is 4.74 Å². The predicted molar refractivity (Wildman–Crippen MR) is 65.6 cm³/mol. The molecule has 4 nitrogen and oxygen atoms in total. The molecule has 0 spiro atoms. The standard InChI is InChI=1S/C13H23NO3/c1-8-7-14(10(3)16)11(9(2)15)12(8)17-13(4,5)6/h8,11-12H,7H2,1-6H3. The maximum absolute atomic E-state index is 11.7. The van der Waals surface area contributed by atoms with Gasteiger partial charge in [0.05, 0.1) is 11.7 Å². The fraction of sp³-hybridized carbons (Fsp3) is 0.846. The van der Waals surface area contributed by atoms with Crippen LogP contribution in [0.4, 0.5) is 0 Å². The number of hydrogen-bond acceptors (Lipinski definition) is 3. The minimum absolute atomic E-state index is 0.00111. The highest BCUT2D eigenvalue weighted by Gasteiger charge is 2.45. The summed E-state index contributed by atoms with van der Waals surface area (Å²) in [7, 11) is 0. The number of nitrogens with zero attached hydrogens (tertiary/aromatic N) is 1. The first-order valence-corrected chi connectivity index (χ1v) is 6.09. The number of carbonyl (C=O) groups excluding carboxylic acids is 2. The lowest BCUT2D eigenvalue weighted by atomic mass is 10.00. The van der Waals surface area contributed by atoms with Crippen LogP contribution >= 0.6 is 0 Å². The molecule has 3 atom stereocenters. The van der Waals surface area contributed by atoms with Gasteiger partial charge in [0.15, 0.2) is 5.78 Å². The Bertz CT molecular complexity index is 319. The highest BCUT2D eigenvalue weighted by atomic mass is 16.5. The van der Waals surface area contributed by atoms with Crippen LogP contribution in [0.15, 0.2) is 0 Å². The molecule has 17 heavy (non-hydrogen) atoms. The highest BCUT2D eigenvalue weighted by Crippen LogP contribution is 2.30. The third-order valence-electron chi connectivity index (χ3n) is 3.00. The average molecular weight is 241 g/mol. The monoisotopic (exact) mass is 241 g/mol. The van der Waals surface area contributed by atoms with E-state index < -0.39 is 6.04 Å². The predicted octanol–water partition coefficient (Wildman–Crippen LogP) is 1.63. The lowest BCUT2D eigenvalue weighted by Crippen LogP contribution is -2.46. The van der Waals surface area contributed by atoms with Gasteiger partial charge in [-0.1, -0.05) is 6.92 Å². The number of ether oxygens (including phenoxy) is 1. The minimum Gasteiger partial charge on any atom is -0.370 e. The number of likely N-dealkylation sites (tertiary alicyclic amines) is 1. The van der Waals surface area contributed by atoms with E-state index in [2.05, 4.69) is 0 Å². The van der Waals surface area contributed by atoms with Gasteiger partial charge in [0.2, 0.25) is 5.91 Å². The van der Waals surface area contributed by atoms with Gasteiger partial charge in [0.25, 0.3) is 0 Å². The summed E-state index contributed by atoms with van der Waals surface area (Å²) in [6.45, 7) is 11.5. The van der Waals surface area contributed by atoms with Gasteiger partial charge in [0.1, 0.15) is 6.04 Å². The first-order chi connectivity index (χ1) is 7.63. The molecule has 1 amide bonds. The molecule has 0 aromatic carbocycles. The van der Waals surface area contributed by atoms with Crippen molar-refractivity contribution in [2.24, 2.45) is 5.92 Å². The van der Waals surface area contributed by atoms with Gasteiger partial charge in [-0.25, -0.2) is 0 Å². The lowest BCUT2D eigenvalue weighted by Gasteiger charge is -2.31. The van der Waals surface area contributed by atoms with E-state index in [1.165, 1.54) is 13.8 Å². The van der Waals surface area contributed by atoms with Crippen molar-refractivity contribution in [1.29, 1.82) is 0 Å². The molecule has 1 fully saturated rings. The van der Waals surface area contributed by atoms with Crippen LogP contribution in [0.5, 0.6) is 0 Å². The van der Waals surface area contributed by atoms with Crippen molar-refractivity contribution < 1.29 is 14.3 Å². The maximum atomic E-state index is 11.7. The van der Waals surface area contributed by atoms with Crippen LogP contribution in [0.25, 0.3) is 0 Å². The van der Waals surface area contributed by atoms with Crippen molar-refractivity contribution in [3.8, 4) is 0 Å². The van der Waals surface area contributed by atoms with Crippen LogP contribution in [-0.4, -0.2) is 40.9 Å². The Labute approximate surface area is 103 Å². The molecule has 98 valence electrons. The summed E-state index contributed by atoms with van der Waals surface area (Å²) >= 11 is 0. The van der Waals surface area contributed by atoms with Gasteiger partial charge in [-0.3, -0.25) is 9.59 Å². The Morgan fingerprint density at radius 3 is 2.12 bits per heavy atom. The molecule has 0 aromatic rings. The normalized spacial score (nSPS) is 29.5. The Hall–Kier alpha value is -0.900. The average Bonchev–Trinajstić information content (AvgIpc) is 2.41. The largest absolute Gasteiger partial charge is 0.370 e. The topological polar surface area (TPSA) is 46.6 Å². The van der Waals surface area contributed by atoms with E-state index in [1.807, 2.05) is 27.7 Å². The molecule has 0 aliphatic carbocycles. The van der Waals surface area contributed by atoms with Crippen LogP contribution in [-0.2, 0) is 14.3 Å². The van der Waals surface area contributed by atoms with Gasteiger partial charge in [-0.2, -0.15) is 0 Å². The second kappa shape index (κ2) is 4.77. The van der Waals surface area contributed by atoms with Gasteiger partial charge in [-0.05, 0) is 27.7 Å². The summed E-state index contributed by atoms with van der Waals surface area (Å²) in [6.07, 6.45) is -0.198. The van der Waals surface area contributed by atoms with Gasteiger partial charge in [-0.15, -0.1) is 0 Å². The van der Waals surface area contributed by atoms with Crippen LogP contribution < -0.4 is 0 Å². The molecule has 1 aliphatic rings. The fourth-order valence-electron chi connectivity index (χ4n) is 2.38. The first-order valence-electron chi connectivity index (χ1n) is 6.09. The number of ketones is 1. The molecular weight excluding hydrogens is 218 g/mol. The molecule has 0 N–H and O–H groups in total. The molecule has 0 aromatic heterocycles. The summed E-state index contributed by atoms with van der Waals surface area (Å²) in [4.78, 5) is 24.9. The molecule has 1 saturated heterocycles. The van der Waals surface area contributed by atoms with E-state index in [9.17, 15) is 9.59 Å². The Balaban J connectivity index is 2.94. The zero-order valence-corrected chi connectivity index (χ0v) is 11.6. The van der Waals surface area contributed by atoms with Crippen LogP contribution in [0.1, 0.15) is 41.5 Å². The summed E-state index contributed by atoms with van der Waals surface area (Å²) in [6, 6.07) is -0.429. The van der Waals surface area contributed by atoms with Crippen molar-refractivity contribution >= 4 is 11.7 Å². The van der Waals surface area contributed by atoms with Gasteiger partial charge < -0.3 is 9.64 Å². The molecule has 3 unspecified atom stereocenters. The molecule has 1 aliphatic heterocycles. The Kier molecular flexibility index (Phi) is 3.97. The van der Waals surface area contributed by atoms with Gasteiger partial charge >= 0.3 is 0 Å². The third-order valence-corrected chi connectivity index (χ3v) is 3.00. The zero-order chi connectivity index (χ0) is 13.4. The van der Waals surface area contributed by atoms with Crippen molar-refractivity contribution in [1.82, 2.24) is 4.90 Å². The minimum atomic E-state index is -0.429. The van der Waals surface area contributed by atoms with Crippen LogP contribution in [0.2, 0.25) is 0 Å². The SMILES string of the molecule is CC(=O)C1C(OC(C)(C)C)C(C)CN1C(C)=O. The first kappa shape index (κ1) is 14.2. The molecule has 0 saturated carbocycles. The smallest absolute Gasteiger partial charge is 0.220 e. The zero-order valence-electron chi connectivity index (χ0n) is 11.6. The van der Waals surface area contributed by atoms with Crippen LogP contribution in [0, 0.1) is 5.92 Å². The quantitative estimate of drug-likeness (QED) is 0.738. The molecular formula is C13H23NO3. The maximum Gasteiger partial charge on any atom is 0.220 e. The van der Waals surface area contributed by atoms with Crippen molar-refractivity contribution in [3.05, 3.63) is 0 Å². The third kappa shape index (κ3) is 3.28. The summed E-state index contributed by atoms with van der Waals surface area (Å²) in [5.41, 5.74) is -0.306. The van der Waals surface area contributed by atoms with E-state index in [1.54, 1.807) is 4.90 Å². The second-order valence-corrected chi connectivity index (χ2v) is 5.90. The number of carbonyl (C=O) groups is 2. The second-order valence-electron chi connectivity index (χ2n) is 5.90. The number of hydrogen-bond donors (Lipinski definition) is 0. The van der Waals surface area contributed by atoms with Crippen molar-refractivity contribution in [2.45, 2.75) is 59.3 Å². The summed E-state index contributed by atoms with van der Waals surface area (Å²) in [5, 5.41) is 0. The number of rotatable bonds is 2. The molecule has 1 rings (SSSR count). The Morgan fingerprint density at radius 1 is 1.24 bits per heavy atom. The van der Waals surface area contributed by atoms with E-state index in [0.717, 1.165) is 0 Å². The van der Waals surface area contributed by atoms with Crippen molar-refractivity contribution in [3.63, 3.8) is 0 Å². The molecule has 0 bridgehead atoms. The van der Waals surface area contributed by atoms with Crippen molar-refractivity contribution in [2.75, 3.05) is 6.54 Å². The number of Topliss-reactive ketones (excluding diaryl/α,β-unsaturated/α-hetero) is 1. The number of amides is 1. The van der Waals surface area contributed by atoms with E-state index in [-0.39, 0.29) is 29.3 Å². The van der Waals surface area contributed by atoms with Gasteiger partial charge in [0, 0.05) is 19.4 Å². The van der Waals surface area contributed by atoms with E-state index >= 15 is 0 Å². The molecule has 1 heterocycles. The van der Waals surface area contributed by atoms with E-state index in [0.29, 0.717) is 6.54 Å². The summed E-state index contributed by atoms with van der Waals surface area (Å²) < 4.78 is 5.95. The van der Waals surface area contributed by atoms with Crippen LogP contribution in [0.3, 0.4) is 0 Å². The fourth-order valence-corrected chi connectivity index (χ4v) is 2.38. The lowest BCUT2D eigenvalue weighted by molar-refractivity contribution is -0.142. The molecule has 4 heteroatoms. The highest BCUT2D eigenvalue weighted by molar-refractivity contribution is 5.88. The summed E-state index contributed by atoms with van der Waals surface area (Å²) in [5.74, 6) is 0.128. The Morgan fingerprint density at radius 2 is 1.76 bits per heavy atom. The molecule has 0 radical (unpaired) electrons.